The van der Waals surface area contributed by atoms with Gasteiger partial charge in [0.05, 0.1) is 6.20 Å². The van der Waals surface area contributed by atoms with Gasteiger partial charge < -0.3 is 5.32 Å². The van der Waals surface area contributed by atoms with Crippen LogP contribution in [-0.4, -0.2) is 24.3 Å². The summed E-state index contributed by atoms with van der Waals surface area (Å²) < 4.78 is 0. The van der Waals surface area contributed by atoms with Crippen molar-refractivity contribution in [3.63, 3.8) is 0 Å². The molecule has 0 radical (unpaired) electrons. The number of aliphatic imine (C=N–C) groups is 2. The molecule has 0 amide bonds. The quantitative estimate of drug-likeness (QED) is 0.500. The molecule has 0 aromatic heterocycles. The molecule has 2 rings (SSSR count). The van der Waals surface area contributed by atoms with Crippen LogP contribution in [0, 0.1) is 0 Å². The molecule has 0 aliphatic carbocycles. The Balaban J connectivity index is 2.29. The Morgan fingerprint density at radius 3 is 3.40 bits per heavy atom. The lowest BCUT2D eigenvalue weighted by Gasteiger charge is -2.20. The van der Waals surface area contributed by atoms with Crippen LogP contribution in [0.1, 0.15) is 0 Å². The summed E-state index contributed by atoms with van der Waals surface area (Å²) in [4.78, 5) is 8.25. The number of allylic oxidation sites excluding steroid dienone is 1. The minimum Gasteiger partial charge on any atom is -0.360 e. The predicted molar refractivity (Wildman–Crippen MR) is 40.3 cm³/mol. The van der Waals surface area contributed by atoms with Gasteiger partial charge in [-0.05, 0) is 11.9 Å². The highest BCUT2D eigenvalue weighted by Gasteiger charge is 2.18. The third-order valence-corrected chi connectivity index (χ3v) is 1.51. The van der Waals surface area contributed by atoms with Gasteiger partial charge in [-0.25, -0.2) is 4.99 Å². The summed E-state index contributed by atoms with van der Waals surface area (Å²) in [6, 6.07) is 0.148. The Morgan fingerprint density at radius 2 is 2.50 bits per heavy atom. The normalized spacial score (nSPS) is 33.6. The number of dihydropyridines is 1. The van der Waals surface area contributed by atoms with Gasteiger partial charge in [0.2, 0.25) is 0 Å². The molecule has 2 aliphatic rings. The van der Waals surface area contributed by atoms with Gasteiger partial charge in [-0.2, -0.15) is 0 Å². The van der Waals surface area contributed by atoms with Crippen LogP contribution in [-0.2, 0) is 0 Å². The zero-order valence-corrected chi connectivity index (χ0v) is 5.36. The summed E-state index contributed by atoms with van der Waals surface area (Å²) >= 11 is 0. The zero-order chi connectivity index (χ0) is 6.81. The maximum atomic E-state index is 4.16. The zero-order valence-electron chi connectivity index (χ0n) is 5.36. The van der Waals surface area contributed by atoms with Crippen LogP contribution in [0.5, 0.6) is 0 Å². The molecule has 3 nitrogen and oxygen atoms in total. The second-order valence-electron chi connectivity index (χ2n) is 2.19. The Morgan fingerprint density at radius 1 is 1.50 bits per heavy atom. The molecule has 1 N–H and O–H groups in total. The van der Waals surface area contributed by atoms with E-state index in [2.05, 4.69) is 21.2 Å². The number of hydrogen-bond donors (Lipinski definition) is 1. The van der Waals surface area contributed by atoms with Crippen molar-refractivity contribution in [1.29, 1.82) is 0 Å². The van der Waals surface area contributed by atoms with Crippen LogP contribution in [0.4, 0.5) is 0 Å². The van der Waals surface area contributed by atoms with E-state index in [0.717, 1.165) is 0 Å². The van der Waals surface area contributed by atoms with Crippen LogP contribution in [0.25, 0.3) is 0 Å². The van der Waals surface area contributed by atoms with E-state index in [1.807, 2.05) is 12.2 Å². The standard InChI is InChI=1S/C7H7N3/c1-2-6-7(9-3-1)10-5-4-8-6/h1-3,5-7,10H. The largest absolute Gasteiger partial charge is 0.360 e. The van der Waals surface area contributed by atoms with E-state index < -0.39 is 0 Å². The predicted octanol–water partition coefficient (Wildman–Crippen LogP) is 0.108. The summed E-state index contributed by atoms with van der Waals surface area (Å²) in [6.45, 7) is 0. The summed E-state index contributed by atoms with van der Waals surface area (Å²) in [6.07, 6.45) is 7.48. The highest BCUT2D eigenvalue weighted by atomic mass is 15.1. The van der Waals surface area contributed by atoms with E-state index in [-0.39, 0.29) is 12.2 Å². The molecule has 0 aromatic carbocycles. The lowest BCUT2D eigenvalue weighted by Crippen LogP contribution is -2.36. The molecule has 0 bridgehead atoms. The van der Waals surface area contributed by atoms with Gasteiger partial charge in [-0.1, -0.05) is 6.08 Å². The first-order chi connectivity index (χ1) is 4.97. The van der Waals surface area contributed by atoms with Crippen molar-refractivity contribution in [2.24, 2.45) is 9.98 Å². The molecule has 0 aromatic rings. The van der Waals surface area contributed by atoms with Crippen LogP contribution in [0.2, 0.25) is 0 Å². The fourth-order valence-corrected chi connectivity index (χ4v) is 1.00. The van der Waals surface area contributed by atoms with E-state index >= 15 is 0 Å². The molecule has 0 fully saturated rings. The molecular weight excluding hydrogens is 126 g/mol. The lowest BCUT2D eigenvalue weighted by atomic mass is 10.2. The molecule has 0 saturated heterocycles. The monoisotopic (exact) mass is 133 g/mol. The Kier molecular flexibility index (Phi) is 1.15. The summed E-state index contributed by atoms with van der Waals surface area (Å²) in [5, 5.41) is 3.04. The van der Waals surface area contributed by atoms with Gasteiger partial charge in [-0.3, -0.25) is 4.99 Å². The first-order valence-electron chi connectivity index (χ1n) is 3.20. The van der Waals surface area contributed by atoms with Crippen LogP contribution < -0.4 is 5.32 Å². The van der Waals surface area contributed by atoms with E-state index in [9.17, 15) is 0 Å². The average Bonchev–Trinajstić information content (AvgIpc) is 2.05. The average molecular weight is 133 g/mol. The number of fused-ring (bicyclic) bond motifs is 1. The maximum absolute atomic E-state index is 4.16. The van der Waals surface area contributed by atoms with Gasteiger partial charge in [0.1, 0.15) is 12.2 Å². The van der Waals surface area contributed by atoms with Gasteiger partial charge in [0, 0.05) is 6.21 Å². The van der Waals surface area contributed by atoms with Gasteiger partial charge in [0.25, 0.3) is 0 Å². The molecule has 0 spiro atoms. The minimum absolute atomic E-state index is 0.103. The van der Waals surface area contributed by atoms with Crippen molar-refractivity contribution in [2.75, 3.05) is 0 Å². The van der Waals surface area contributed by atoms with Gasteiger partial charge >= 0.3 is 0 Å². The van der Waals surface area contributed by atoms with Crippen molar-refractivity contribution in [3.05, 3.63) is 18.4 Å². The second kappa shape index (κ2) is 2.12. The Labute approximate surface area is 58.9 Å². The minimum atomic E-state index is 0.103. The first-order valence-corrected chi connectivity index (χ1v) is 3.20. The molecule has 3 heteroatoms. The molecule has 50 valence electrons. The molecule has 2 aliphatic heterocycles. The third kappa shape index (κ3) is 0.769. The number of hydrogen-bond acceptors (Lipinski definition) is 3. The van der Waals surface area contributed by atoms with E-state index in [4.69, 9.17) is 0 Å². The molecule has 2 heterocycles. The van der Waals surface area contributed by atoms with Crippen LogP contribution in [0.3, 0.4) is 0 Å². The third-order valence-electron chi connectivity index (χ3n) is 1.51. The van der Waals surface area contributed by atoms with Crippen molar-refractivity contribution < 1.29 is 0 Å². The highest BCUT2D eigenvalue weighted by Crippen LogP contribution is 2.07. The second-order valence-corrected chi connectivity index (χ2v) is 2.19. The maximum Gasteiger partial charge on any atom is 0.145 e. The number of rotatable bonds is 0. The smallest absolute Gasteiger partial charge is 0.145 e. The van der Waals surface area contributed by atoms with Crippen molar-refractivity contribution >= 4 is 12.1 Å². The molecule has 2 unspecified atom stereocenters. The highest BCUT2D eigenvalue weighted by molar-refractivity contribution is 5.73. The van der Waals surface area contributed by atoms with Crippen molar-refractivity contribution in [3.8, 4) is 0 Å². The topological polar surface area (TPSA) is 36.8 Å². The van der Waals surface area contributed by atoms with Gasteiger partial charge in [0.15, 0.2) is 0 Å². The number of nitrogens with one attached hydrogen (secondary N) is 1. The summed E-state index contributed by atoms with van der Waals surface area (Å²) in [5.41, 5.74) is 0. The first kappa shape index (κ1) is 5.45. The van der Waals surface area contributed by atoms with E-state index in [1.54, 1.807) is 12.4 Å². The van der Waals surface area contributed by atoms with Crippen LogP contribution >= 0.6 is 0 Å². The molecule has 2 atom stereocenters. The van der Waals surface area contributed by atoms with Crippen molar-refractivity contribution in [2.45, 2.75) is 12.2 Å². The van der Waals surface area contributed by atoms with Gasteiger partial charge in [-0.15, -0.1) is 0 Å². The fraction of sp³-hybridized carbons (Fsp3) is 0.286. The summed E-state index contributed by atoms with van der Waals surface area (Å²) in [5.74, 6) is 2.75. The van der Waals surface area contributed by atoms with Crippen molar-refractivity contribution in [1.82, 2.24) is 5.32 Å². The Bertz CT molecular complexity index is 246. The lowest BCUT2D eigenvalue weighted by molar-refractivity contribution is 0.546. The number of nitrogens with zero attached hydrogens (tertiary/aromatic N) is 2. The Hall–Kier alpha value is -1.34. The van der Waals surface area contributed by atoms with E-state index in [0.29, 0.717) is 0 Å². The van der Waals surface area contributed by atoms with Crippen LogP contribution in [0.15, 0.2) is 28.3 Å². The molecular formula is C7H7N3. The molecule has 0 saturated carbocycles. The van der Waals surface area contributed by atoms with E-state index in [1.165, 1.54) is 0 Å². The molecule has 10 heavy (non-hydrogen) atoms. The summed E-state index contributed by atoms with van der Waals surface area (Å²) in [7, 11) is 0. The SMILES string of the molecule is C1=CNC2N=CC=CC2N=1. The fourth-order valence-electron chi connectivity index (χ4n) is 1.00.